The lowest BCUT2D eigenvalue weighted by molar-refractivity contribution is -0.120. The second-order valence-electron chi connectivity index (χ2n) is 8.28. The minimum absolute atomic E-state index is 0.165. The average molecular weight is 470 g/mol. The highest BCUT2D eigenvalue weighted by molar-refractivity contribution is 7.90. The molecule has 2 N–H and O–H groups in total. The van der Waals surface area contributed by atoms with E-state index in [4.69, 9.17) is 0 Å². The second kappa shape index (κ2) is 8.78. The van der Waals surface area contributed by atoms with Crippen LogP contribution < -0.4 is 10.6 Å². The lowest BCUT2D eigenvalue weighted by Crippen LogP contribution is -2.48. The van der Waals surface area contributed by atoms with Gasteiger partial charge in [0, 0.05) is 23.5 Å². The Hall–Kier alpha value is -3.53. The summed E-state index contributed by atoms with van der Waals surface area (Å²) in [6, 6.07) is 11.3. The average Bonchev–Trinajstić information content (AvgIpc) is 3.55. The molecule has 1 atom stereocenters. The number of sulfone groups is 1. The Balaban J connectivity index is 1.57. The van der Waals surface area contributed by atoms with Crippen LogP contribution in [0.1, 0.15) is 50.3 Å². The fourth-order valence-electron chi connectivity index (χ4n) is 3.65. The highest BCUT2D eigenvalue weighted by Gasteiger charge is 2.42. The molecule has 1 saturated carbocycles. The summed E-state index contributed by atoms with van der Waals surface area (Å²) in [5, 5.41) is 5.49. The largest absolute Gasteiger partial charge is 0.349 e. The van der Waals surface area contributed by atoms with Gasteiger partial charge < -0.3 is 10.6 Å². The number of anilines is 1. The molecule has 9 nitrogen and oxygen atoms in total. The topological polar surface area (TPSA) is 130 Å². The van der Waals surface area contributed by atoms with E-state index in [1.54, 1.807) is 30.3 Å². The summed E-state index contributed by atoms with van der Waals surface area (Å²) in [7, 11) is -3.46. The van der Waals surface area contributed by atoms with E-state index in [-0.39, 0.29) is 35.2 Å². The molecule has 33 heavy (non-hydrogen) atoms. The molecule has 2 aromatic rings. The molecular weight excluding hydrogens is 446 g/mol. The molecule has 1 heterocycles. The van der Waals surface area contributed by atoms with E-state index in [1.165, 1.54) is 18.2 Å². The molecule has 0 aromatic heterocycles. The molecule has 172 valence electrons. The zero-order valence-corrected chi connectivity index (χ0v) is 18.7. The van der Waals surface area contributed by atoms with Crippen molar-refractivity contribution < 1.29 is 27.6 Å². The molecular formula is C23H23N3O6S. The first-order valence-electron chi connectivity index (χ1n) is 10.5. The molecule has 0 saturated heterocycles. The number of carbonyl (C=O) groups is 4. The van der Waals surface area contributed by atoms with Gasteiger partial charge in [-0.3, -0.25) is 24.1 Å². The normalized spacial score (nSPS) is 16.3. The predicted molar refractivity (Wildman–Crippen MR) is 121 cm³/mol. The third-order valence-corrected chi connectivity index (χ3v) is 6.48. The molecule has 0 bridgehead atoms. The number of hydrogen-bond donors (Lipinski definition) is 2. The SMILES string of the molecule is CS(=O)(=O)CCC(C(=O)Nc1cccc(C(=O)NC2CC2)c1)N1C(=O)c2ccccc2C1=O. The van der Waals surface area contributed by atoms with Gasteiger partial charge in [-0.05, 0) is 49.6 Å². The van der Waals surface area contributed by atoms with Gasteiger partial charge in [0.05, 0.1) is 16.9 Å². The molecule has 0 spiro atoms. The Bertz CT molecular complexity index is 1220. The van der Waals surface area contributed by atoms with Crippen LogP contribution >= 0.6 is 0 Å². The van der Waals surface area contributed by atoms with Gasteiger partial charge in [-0.2, -0.15) is 0 Å². The first-order chi connectivity index (χ1) is 15.6. The number of carbonyl (C=O) groups excluding carboxylic acids is 4. The Morgan fingerprint density at radius 3 is 2.24 bits per heavy atom. The summed E-state index contributed by atoms with van der Waals surface area (Å²) < 4.78 is 23.5. The van der Waals surface area contributed by atoms with E-state index in [0.717, 1.165) is 24.0 Å². The Morgan fingerprint density at radius 1 is 1.03 bits per heavy atom. The van der Waals surface area contributed by atoms with Crippen LogP contribution in [0.4, 0.5) is 5.69 Å². The number of benzene rings is 2. The molecule has 0 radical (unpaired) electrons. The van der Waals surface area contributed by atoms with Gasteiger partial charge in [0.2, 0.25) is 5.91 Å². The number of nitrogens with zero attached hydrogens (tertiary/aromatic N) is 1. The van der Waals surface area contributed by atoms with Gasteiger partial charge in [0.1, 0.15) is 15.9 Å². The maximum absolute atomic E-state index is 13.2. The second-order valence-corrected chi connectivity index (χ2v) is 10.5. The summed E-state index contributed by atoms with van der Waals surface area (Å²) in [4.78, 5) is 52.1. The fraction of sp³-hybridized carbons (Fsp3) is 0.304. The van der Waals surface area contributed by atoms with Gasteiger partial charge in [0.25, 0.3) is 17.7 Å². The number of imide groups is 1. The van der Waals surface area contributed by atoms with Crippen LogP contribution in [0, 0.1) is 0 Å². The summed E-state index contributed by atoms with van der Waals surface area (Å²) in [6.07, 6.45) is 2.64. The quantitative estimate of drug-likeness (QED) is 0.565. The zero-order chi connectivity index (χ0) is 23.8. The van der Waals surface area contributed by atoms with Gasteiger partial charge in [-0.1, -0.05) is 18.2 Å². The van der Waals surface area contributed by atoms with E-state index in [9.17, 15) is 27.6 Å². The van der Waals surface area contributed by atoms with Crippen molar-refractivity contribution in [2.24, 2.45) is 0 Å². The van der Waals surface area contributed by atoms with E-state index in [2.05, 4.69) is 10.6 Å². The molecule has 2 aromatic carbocycles. The monoisotopic (exact) mass is 469 g/mol. The van der Waals surface area contributed by atoms with Crippen molar-refractivity contribution in [2.75, 3.05) is 17.3 Å². The van der Waals surface area contributed by atoms with Gasteiger partial charge >= 0.3 is 0 Å². The van der Waals surface area contributed by atoms with Gasteiger partial charge in [-0.15, -0.1) is 0 Å². The molecule has 2 aliphatic rings. The minimum Gasteiger partial charge on any atom is -0.349 e. The fourth-order valence-corrected chi connectivity index (χ4v) is 4.31. The smallest absolute Gasteiger partial charge is 0.262 e. The molecule has 4 rings (SSSR count). The van der Waals surface area contributed by atoms with Crippen LogP contribution in [0.5, 0.6) is 0 Å². The summed E-state index contributed by atoms with van der Waals surface area (Å²) in [5.41, 5.74) is 0.981. The van der Waals surface area contributed by atoms with Crippen LogP contribution in [-0.4, -0.2) is 61.0 Å². The van der Waals surface area contributed by atoms with Crippen molar-refractivity contribution >= 4 is 39.2 Å². The molecule has 1 aliphatic carbocycles. The summed E-state index contributed by atoms with van der Waals surface area (Å²) >= 11 is 0. The van der Waals surface area contributed by atoms with E-state index in [1.807, 2.05) is 0 Å². The number of amides is 4. The van der Waals surface area contributed by atoms with Crippen molar-refractivity contribution in [2.45, 2.75) is 31.3 Å². The third kappa shape index (κ3) is 5.11. The maximum atomic E-state index is 13.2. The first kappa shape index (κ1) is 22.7. The highest BCUT2D eigenvalue weighted by Crippen LogP contribution is 2.27. The zero-order valence-electron chi connectivity index (χ0n) is 17.9. The van der Waals surface area contributed by atoms with Crippen molar-refractivity contribution in [3.05, 3.63) is 65.2 Å². The molecule has 1 aliphatic heterocycles. The predicted octanol–water partition coefficient (Wildman–Crippen LogP) is 1.62. The van der Waals surface area contributed by atoms with E-state index >= 15 is 0 Å². The van der Waals surface area contributed by atoms with Gasteiger partial charge in [-0.25, -0.2) is 8.42 Å². The number of fused-ring (bicyclic) bond motifs is 1. The maximum Gasteiger partial charge on any atom is 0.262 e. The van der Waals surface area contributed by atoms with Crippen LogP contribution in [0.15, 0.2) is 48.5 Å². The number of nitrogens with one attached hydrogen (secondary N) is 2. The number of hydrogen-bond acceptors (Lipinski definition) is 6. The van der Waals surface area contributed by atoms with Crippen molar-refractivity contribution in [1.82, 2.24) is 10.2 Å². The van der Waals surface area contributed by atoms with Crippen LogP contribution in [0.25, 0.3) is 0 Å². The first-order valence-corrected chi connectivity index (χ1v) is 12.6. The number of rotatable bonds is 8. The minimum atomic E-state index is -3.46. The molecule has 1 unspecified atom stereocenters. The Kier molecular flexibility index (Phi) is 6.03. The summed E-state index contributed by atoms with van der Waals surface area (Å²) in [5.74, 6) is -2.67. The van der Waals surface area contributed by atoms with Gasteiger partial charge in [0.15, 0.2) is 0 Å². The van der Waals surface area contributed by atoms with E-state index < -0.39 is 33.6 Å². The highest BCUT2D eigenvalue weighted by atomic mass is 32.2. The Labute approximate surface area is 191 Å². The molecule has 4 amide bonds. The van der Waals surface area contributed by atoms with Crippen LogP contribution in [0.2, 0.25) is 0 Å². The van der Waals surface area contributed by atoms with Crippen molar-refractivity contribution in [1.29, 1.82) is 0 Å². The summed E-state index contributed by atoms with van der Waals surface area (Å²) in [6.45, 7) is 0. The van der Waals surface area contributed by atoms with Crippen LogP contribution in [0.3, 0.4) is 0 Å². The third-order valence-electron chi connectivity index (χ3n) is 5.51. The lowest BCUT2D eigenvalue weighted by atomic mass is 10.1. The standard InChI is InChI=1S/C23H23N3O6S/c1-33(31,32)12-11-19(26-22(29)17-7-2-3-8-18(17)23(26)30)21(28)25-16-6-4-5-14(13-16)20(27)24-15-9-10-15/h2-8,13,15,19H,9-12H2,1H3,(H,24,27)(H,25,28). The van der Waals surface area contributed by atoms with Crippen LogP contribution in [-0.2, 0) is 14.6 Å². The lowest BCUT2D eigenvalue weighted by Gasteiger charge is -2.25. The van der Waals surface area contributed by atoms with Crippen molar-refractivity contribution in [3.63, 3.8) is 0 Å². The van der Waals surface area contributed by atoms with Crippen molar-refractivity contribution in [3.8, 4) is 0 Å². The molecule has 1 fully saturated rings. The Morgan fingerprint density at radius 2 is 1.67 bits per heavy atom. The van der Waals surface area contributed by atoms with E-state index in [0.29, 0.717) is 11.3 Å². The molecule has 10 heteroatoms.